The first kappa shape index (κ1) is 61.9. The topological polar surface area (TPSA) is 303 Å². The summed E-state index contributed by atoms with van der Waals surface area (Å²) < 4.78 is 53.6. The number of phenolic OH excluding ortho intramolecular Hbond substituents is 1. The fourth-order valence-corrected chi connectivity index (χ4v) is 12.7. The molecule has 25 heteroatoms. The lowest BCUT2D eigenvalue weighted by Gasteiger charge is -2.44. The van der Waals surface area contributed by atoms with E-state index < -0.39 is 134 Å². The number of carboxylic acid groups (broad SMARTS) is 1. The zero-order valence-electron chi connectivity index (χ0n) is 49.9. The van der Waals surface area contributed by atoms with E-state index in [0.717, 1.165) is 25.2 Å². The highest BCUT2D eigenvalue weighted by atomic mass is 19.1. The lowest BCUT2D eigenvalue weighted by atomic mass is 9.78. The summed E-state index contributed by atoms with van der Waals surface area (Å²) in [5.74, 6) is -12.6. The van der Waals surface area contributed by atoms with Crippen molar-refractivity contribution in [2.75, 3.05) is 84.7 Å². The van der Waals surface area contributed by atoms with Gasteiger partial charge in [0, 0.05) is 113 Å². The molecule has 0 unspecified atom stereocenters. The highest BCUT2D eigenvalue weighted by Crippen LogP contribution is 2.50. The van der Waals surface area contributed by atoms with Crippen molar-refractivity contribution in [3.8, 4) is 17.2 Å². The van der Waals surface area contributed by atoms with E-state index in [4.69, 9.17) is 28.4 Å². The maximum absolute atomic E-state index is 16.1. The molecule has 87 heavy (non-hydrogen) atoms. The highest BCUT2D eigenvalue weighted by molar-refractivity contribution is 6.32. The summed E-state index contributed by atoms with van der Waals surface area (Å²) in [4.78, 5) is 118. The van der Waals surface area contributed by atoms with Crippen molar-refractivity contribution in [2.45, 2.75) is 97.6 Å². The fourth-order valence-electron chi connectivity index (χ4n) is 12.7. The first-order valence-corrected chi connectivity index (χ1v) is 29.2. The number of carbonyl (C=O) groups is 7. The van der Waals surface area contributed by atoms with Crippen LogP contribution in [0.5, 0.6) is 17.2 Å². The number of hydrogen-bond donors (Lipinski definition) is 5. The van der Waals surface area contributed by atoms with Crippen LogP contribution in [0.3, 0.4) is 0 Å². The molecule has 5 bridgehead atoms. The Bertz CT molecular complexity index is 3550. The second-order valence-corrected chi connectivity index (χ2v) is 23.8. The minimum Gasteiger partial charge on any atom is -0.507 e. The van der Waals surface area contributed by atoms with Crippen LogP contribution in [0.25, 0.3) is 10.9 Å². The quantitative estimate of drug-likeness (QED) is 0.205. The first-order valence-electron chi connectivity index (χ1n) is 29.2. The number of Topliss-reactive ketones (excluding diaryl/α,β-unsaturated/α-hetero) is 3. The van der Waals surface area contributed by atoms with Crippen molar-refractivity contribution in [3.05, 3.63) is 104 Å². The monoisotopic (exact) mass is 1210 g/mol. The number of likely N-dealkylation sites (tertiary alicyclic amines) is 1. The number of nitrogens with one attached hydrogen (secondary N) is 1. The van der Waals surface area contributed by atoms with Gasteiger partial charge in [0.15, 0.2) is 11.6 Å². The Morgan fingerprint density at radius 2 is 1.51 bits per heavy atom. The van der Waals surface area contributed by atoms with E-state index in [1.165, 1.54) is 64.3 Å². The predicted octanol–water partition coefficient (Wildman–Crippen LogP) is 4.64. The van der Waals surface area contributed by atoms with E-state index in [0.29, 0.717) is 0 Å². The van der Waals surface area contributed by atoms with Crippen LogP contribution >= 0.6 is 0 Å². The number of nitrogens with zero attached hydrogens (tertiary/aromatic N) is 5. The summed E-state index contributed by atoms with van der Waals surface area (Å²) in [6.45, 7) is 12.2. The number of ketones is 3. The number of aliphatic hydroxyl groups excluding tert-OH is 2. The van der Waals surface area contributed by atoms with Crippen LogP contribution in [0, 0.1) is 42.3 Å². The third-order valence-corrected chi connectivity index (χ3v) is 18.2. The summed E-state index contributed by atoms with van der Waals surface area (Å²) in [7, 11) is 2.74. The SMILES string of the molecule is COc1c(N2CCN(C(=O)C3CN(C(=O)O[C@H]4[C@H](C)[C@H](O)[C@H](C)[C@@H](O)[C@@H](C)/C=C/C=C(/C)C(=O)NC5=C(N6CCOCC6)C(=O)c6c(c(O)c(C)c7c6C(=O)[C@@](C)(O/C=C/[C@H](OC)[C@H]4C)O7)C5=O)C3)CC2)c(F)cc2c(=O)c(C(=O)O)cn(C3CC3)c12. The van der Waals surface area contributed by atoms with Gasteiger partial charge in [-0.15, -0.1) is 0 Å². The van der Waals surface area contributed by atoms with Crippen molar-refractivity contribution in [2.24, 2.45) is 29.6 Å². The Labute approximate surface area is 500 Å². The normalized spacial score (nSPS) is 29.0. The number of benzene rings is 2. The second-order valence-electron chi connectivity index (χ2n) is 23.8. The van der Waals surface area contributed by atoms with Gasteiger partial charge < -0.3 is 78.3 Å². The molecule has 3 amide bonds. The van der Waals surface area contributed by atoms with Crippen molar-refractivity contribution in [1.29, 1.82) is 0 Å². The van der Waals surface area contributed by atoms with E-state index in [1.54, 1.807) is 53.0 Å². The molecule has 5 N–H and O–H groups in total. The molecule has 8 aliphatic rings. The van der Waals surface area contributed by atoms with Gasteiger partial charge in [0.05, 0.1) is 78.4 Å². The largest absolute Gasteiger partial charge is 0.507 e. The van der Waals surface area contributed by atoms with Crippen molar-refractivity contribution in [1.82, 2.24) is 24.6 Å². The molecule has 1 aromatic heterocycles. The number of phenols is 1. The average Bonchev–Trinajstić information content (AvgIpc) is 1.70. The minimum atomic E-state index is -2.19. The molecule has 3 saturated heterocycles. The van der Waals surface area contributed by atoms with Gasteiger partial charge in [0.1, 0.15) is 40.2 Å². The summed E-state index contributed by atoms with van der Waals surface area (Å²) in [5, 5.41) is 47.8. The molecule has 6 aliphatic heterocycles. The first-order chi connectivity index (χ1) is 41.3. The highest BCUT2D eigenvalue weighted by Gasteiger charge is 2.54. The number of fused-ring (bicyclic) bond motifs is 15. The molecule has 2 aromatic carbocycles. The maximum atomic E-state index is 16.1. The van der Waals surface area contributed by atoms with E-state index in [9.17, 15) is 58.8 Å². The van der Waals surface area contributed by atoms with Gasteiger partial charge >= 0.3 is 17.8 Å². The summed E-state index contributed by atoms with van der Waals surface area (Å²) in [6.07, 6.45) is 4.47. The van der Waals surface area contributed by atoms with Crippen molar-refractivity contribution < 1.29 is 86.8 Å². The van der Waals surface area contributed by atoms with Crippen LogP contribution in [-0.4, -0.2) is 191 Å². The number of aromatic nitrogens is 1. The zero-order chi connectivity index (χ0) is 62.8. The number of anilines is 1. The summed E-state index contributed by atoms with van der Waals surface area (Å²) in [5.41, 5.74) is -2.74. The Hall–Kier alpha value is -8.13. The molecule has 11 rings (SSSR count). The van der Waals surface area contributed by atoms with Crippen LogP contribution < -0.4 is 25.1 Å². The lowest BCUT2D eigenvalue weighted by Crippen LogP contribution is -2.60. The smallest absolute Gasteiger partial charge is 0.410 e. The van der Waals surface area contributed by atoms with Gasteiger partial charge in [-0.05, 0) is 38.8 Å². The fraction of sp³-hybridized carbons (Fsp3) is 0.516. The van der Waals surface area contributed by atoms with Crippen molar-refractivity contribution >= 4 is 57.8 Å². The molecular weight excluding hydrogens is 1140 g/mol. The molecule has 4 fully saturated rings. The van der Waals surface area contributed by atoms with E-state index in [-0.39, 0.29) is 128 Å². The number of rotatable bonds is 8. The number of ether oxygens (including phenoxy) is 6. The Balaban J connectivity index is 0.880. The van der Waals surface area contributed by atoms with E-state index in [1.807, 2.05) is 0 Å². The molecule has 2 aliphatic carbocycles. The maximum Gasteiger partial charge on any atom is 0.410 e. The summed E-state index contributed by atoms with van der Waals surface area (Å²) in [6, 6.07) is 0.952. The molecule has 3 aromatic rings. The van der Waals surface area contributed by atoms with Crippen LogP contribution in [0.1, 0.15) is 107 Å². The Morgan fingerprint density at radius 3 is 2.14 bits per heavy atom. The third-order valence-electron chi connectivity index (χ3n) is 18.2. The number of carbonyl (C=O) groups excluding carboxylic acids is 6. The number of hydrogen-bond acceptors (Lipinski definition) is 19. The van der Waals surface area contributed by atoms with Gasteiger partial charge in [-0.25, -0.2) is 14.0 Å². The van der Waals surface area contributed by atoms with Crippen LogP contribution in [0.15, 0.2) is 64.6 Å². The number of carboxylic acids is 1. The van der Waals surface area contributed by atoms with Crippen molar-refractivity contribution in [3.63, 3.8) is 0 Å². The van der Waals surface area contributed by atoms with Gasteiger partial charge in [-0.1, -0.05) is 45.9 Å². The van der Waals surface area contributed by atoms with Gasteiger partial charge in [-0.3, -0.25) is 28.8 Å². The number of aromatic carboxylic acids is 1. The molecule has 0 spiro atoms. The number of aromatic hydroxyl groups is 1. The Morgan fingerprint density at radius 1 is 0.828 bits per heavy atom. The Kier molecular flexibility index (Phi) is 17.2. The van der Waals surface area contributed by atoms with E-state index in [2.05, 4.69) is 5.32 Å². The van der Waals surface area contributed by atoms with Crippen LogP contribution in [0.4, 0.5) is 14.9 Å². The number of halogens is 1. The van der Waals surface area contributed by atoms with Crippen LogP contribution in [-0.2, 0) is 28.5 Å². The molecular formula is C62H73FN6O18. The van der Waals surface area contributed by atoms with Gasteiger partial charge in [0.25, 0.3) is 11.7 Å². The van der Waals surface area contributed by atoms with E-state index >= 15 is 4.39 Å². The average molecular weight is 1210 g/mol. The zero-order valence-corrected chi connectivity index (χ0v) is 49.9. The number of morpholine rings is 1. The second kappa shape index (κ2) is 24.2. The number of methoxy groups -OCH3 is 2. The third kappa shape index (κ3) is 11.1. The summed E-state index contributed by atoms with van der Waals surface area (Å²) >= 11 is 0. The number of pyridine rings is 1. The molecule has 0 radical (unpaired) electrons. The number of amides is 3. The standard InChI is InChI=1S/C62H73FN6O18/c1-29-11-10-12-30(2)58(77)64-44-47(66-20-23-84-24-21-66)53(75)41-42(52(44)74)50(72)34(6)55-43(41)57(76)62(7,87-55)85-22-15-40(82-8)31(3)54(33(5)49(71)32(4)48(29)70)86-61(81)68-26-35(27-68)59(78)67-18-16-65(17-19-67)46-39(63)25-37-45(56(46)83-9)69(36-13-14-36)28-38(51(37)73)60(79)80/h10-12,15,22,25,28-29,31-33,35-36,40,48-49,54,70-72H,13-14,16-21,23-24,26-27H2,1-9H3,(H,64,77)(H,79,80)/b11-10+,22-15+,30-12-/t29-,31+,32+,33+,40-,48-,49+,54+,62-/m0/s1. The van der Waals surface area contributed by atoms with Gasteiger partial charge in [-0.2, -0.15) is 0 Å². The molecule has 466 valence electrons. The molecule has 9 atom stereocenters. The molecule has 7 heterocycles. The number of allylic oxidation sites excluding steroid dienone is 4. The molecule has 24 nitrogen and oxygen atoms in total. The number of aliphatic hydroxyl groups is 2. The van der Waals surface area contributed by atoms with Gasteiger partial charge in [0.2, 0.25) is 22.9 Å². The minimum absolute atomic E-state index is 0.0166. The predicted molar refractivity (Wildman–Crippen MR) is 309 cm³/mol. The molecule has 1 saturated carbocycles. The number of piperazine rings is 1. The van der Waals surface area contributed by atoms with Crippen LogP contribution in [0.2, 0.25) is 0 Å². The lowest BCUT2D eigenvalue weighted by molar-refractivity contribution is -0.141.